The van der Waals surface area contributed by atoms with Crippen molar-refractivity contribution in [2.45, 2.75) is 13.8 Å². The third-order valence-corrected chi connectivity index (χ3v) is 3.59. The van der Waals surface area contributed by atoms with Crippen LogP contribution in [0.2, 0.25) is 0 Å². The quantitative estimate of drug-likeness (QED) is 0.452. The van der Waals surface area contributed by atoms with Crippen LogP contribution in [-0.4, -0.2) is 14.9 Å². The largest absolute Gasteiger partial charge is 0.355 e. The normalized spacial score (nSPS) is 10.2. The van der Waals surface area contributed by atoms with Gasteiger partial charge < -0.3 is 5.32 Å². The smallest absolute Gasteiger partial charge is 0.334 e. The van der Waals surface area contributed by atoms with Gasteiger partial charge in [0.05, 0.1) is 10.6 Å². The first-order valence-electron chi connectivity index (χ1n) is 7.95. The van der Waals surface area contributed by atoms with E-state index < -0.39 is 4.92 Å². The Morgan fingerprint density at radius 2 is 1.54 bits per heavy atom. The van der Waals surface area contributed by atoms with Crippen LogP contribution in [0.5, 0.6) is 0 Å². The van der Waals surface area contributed by atoms with E-state index in [4.69, 9.17) is 0 Å². The van der Waals surface area contributed by atoms with Crippen LogP contribution in [0, 0.1) is 24.0 Å². The van der Waals surface area contributed by atoms with Crippen molar-refractivity contribution in [2.24, 2.45) is 0 Å². The number of anilines is 4. The molecular formula is C18H18N6O2. The highest BCUT2D eigenvalue weighted by molar-refractivity contribution is 5.74. The van der Waals surface area contributed by atoms with Crippen molar-refractivity contribution in [2.75, 3.05) is 16.2 Å². The molecule has 1 aromatic heterocycles. The summed E-state index contributed by atoms with van der Waals surface area (Å²) in [6, 6.07) is 15.1. The summed E-state index contributed by atoms with van der Waals surface area (Å²) in [5, 5.41) is 14.6. The van der Waals surface area contributed by atoms with Gasteiger partial charge in [0.15, 0.2) is 0 Å². The van der Waals surface area contributed by atoms with Gasteiger partial charge in [-0.1, -0.05) is 24.3 Å². The molecule has 8 heteroatoms. The Morgan fingerprint density at radius 1 is 0.885 bits per heavy atom. The summed E-state index contributed by atoms with van der Waals surface area (Å²) in [7, 11) is 0. The highest BCUT2D eigenvalue weighted by Crippen LogP contribution is 2.31. The van der Waals surface area contributed by atoms with Gasteiger partial charge in [-0.15, -0.1) is 0 Å². The second kappa shape index (κ2) is 7.47. The van der Waals surface area contributed by atoms with Crippen LogP contribution < -0.4 is 16.2 Å². The number of rotatable bonds is 6. The van der Waals surface area contributed by atoms with Crippen LogP contribution in [0.1, 0.15) is 11.1 Å². The lowest BCUT2D eigenvalue weighted by Gasteiger charge is -2.12. The van der Waals surface area contributed by atoms with Crippen molar-refractivity contribution in [3.8, 4) is 0 Å². The predicted molar refractivity (Wildman–Crippen MR) is 102 cm³/mol. The molecule has 3 rings (SSSR count). The first-order chi connectivity index (χ1) is 12.5. The Bertz CT molecular complexity index is 910. The molecule has 0 spiro atoms. The van der Waals surface area contributed by atoms with E-state index >= 15 is 0 Å². The average Bonchev–Trinajstić information content (AvgIpc) is 2.60. The molecule has 0 unspecified atom stereocenters. The number of nitrogens with one attached hydrogen (secondary N) is 3. The summed E-state index contributed by atoms with van der Waals surface area (Å²) in [5.74, 6) is 0.188. The lowest BCUT2D eigenvalue weighted by atomic mass is 10.1. The van der Waals surface area contributed by atoms with Gasteiger partial charge in [-0.2, -0.15) is 0 Å². The first kappa shape index (κ1) is 17.2. The van der Waals surface area contributed by atoms with E-state index in [0.717, 1.165) is 22.5 Å². The molecule has 0 aliphatic heterocycles. The van der Waals surface area contributed by atoms with E-state index in [1.807, 2.05) is 62.4 Å². The molecule has 132 valence electrons. The van der Waals surface area contributed by atoms with Crippen LogP contribution in [0.15, 0.2) is 54.9 Å². The fraction of sp³-hybridized carbons (Fsp3) is 0.111. The minimum absolute atomic E-state index is 0.0701. The van der Waals surface area contributed by atoms with Gasteiger partial charge in [-0.05, 0) is 49.2 Å². The highest BCUT2D eigenvalue weighted by Gasteiger charge is 2.23. The van der Waals surface area contributed by atoms with E-state index in [-0.39, 0.29) is 17.3 Å². The maximum Gasteiger partial charge on any atom is 0.355 e. The van der Waals surface area contributed by atoms with E-state index in [0.29, 0.717) is 0 Å². The van der Waals surface area contributed by atoms with Crippen molar-refractivity contribution >= 4 is 28.7 Å². The van der Waals surface area contributed by atoms with Gasteiger partial charge in [0.25, 0.3) is 0 Å². The zero-order chi connectivity index (χ0) is 18.5. The number of benzene rings is 2. The number of aryl methyl sites for hydroxylation is 2. The maximum atomic E-state index is 11.6. The van der Waals surface area contributed by atoms with Gasteiger partial charge >= 0.3 is 5.69 Å². The van der Waals surface area contributed by atoms with Crippen molar-refractivity contribution < 1.29 is 4.92 Å². The van der Waals surface area contributed by atoms with Crippen molar-refractivity contribution in [3.05, 3.63) is 76.1 Å². The number of nitro groups is 1. The monoisotopic (exact) mass is 350 g/mol. The summed E-state index contributed by atoms with van der Waals surface area (Å²) in [6.45, 7) is 3.92. The zero-order valence-corrected chi connectivity index (χ0v) is 14.4. The summed E-state index contributed by atoms with van der Waals surface area (Å²) in [5.41, 5.74) is 9.01. The number of hydrogen-bond acceptors (Lipinski definition) is 7. The molecule has 0 atom stereocenters. The summed E-state index contributed by atoms with van der Waals surface area (Å²) in [4.78, 5) is 19.1. The van der Waals surface area contributed by atoms with Gasteiger partial charge in [0.1, 0.15) is 6.33 Å². The van der Waals surface area contributed by atoms with Gasteiger partial charge in [0, 0.05) is 5.69 Å². The van der Waals surface area contributed by atoms with Crippen molar-refractivity contribution in [1.82, 2.24) is 9.97 Å². The molecule has 0 aliphatic rings. The maximum absolute atomic E-state index is 11.6. The van der Waals surface area contributed by atoms with Gasteiger partial charge in [-0.25, -0.2) is 9.97 Å². The molecule has 0 saturated carbocycles. The predicted octanol–water partition coefficient (Wildman–Crippen LogP) is 4.18. The molecular weight excluding hydrogens is 332 g/mol. The SMILES string of the molecule is Cc1cc(C)cc(Nc2ncnc(NNc3ccccc3)c2[N+](=O)[O-])c1. The van der Waals surface area contributed by atoms with Gasteiger partial charge in [-0.3, -0.25) is 21.0 Å². The molecule has 3 aromatic rings. The van der Waals surface area contributed by atoms with E-state index in [1.165, 1.54) is 6.33 Å². The fourth-order valence-electron chi connectivity index (χ4n) is 2.57. The Balaban J connectivity index is 1.89. The third-order valence-electron chi connectivity index (χ3n) is 3.59. The average molecular weight is 350 g/mol. The van der Waals surface area contributed by atoms with Crippen molar-refractivity contribution in [3.63, 3.8) is 0 Å². The topological polar surface area (TPSA) is 105 Å². The molecule has 0 aliphatic carbocycles. The zero-order valence-electron chi connectivity index (χ0n) is 14.4. The Labute approximate surface area is 150 Å². The number of nitrogens with zero attached hydrogens (tertiary/aromatic N) is 3. The molecule has 0 bridgehead atoms. The van der Waals surface area contributed by atoms with Crippen LogP contribution in [0.4, 0.5) is 28.7 Å². The first-order valence-corrected chi connectivity index (χ1v) is 7.95. The molecule has 0 amide bonds. The minimum atomic E-state index is -0.514. The number of hydrazine groups is 1. The Kier molecular flexibility index (Phi) is 4.93. The van der Waals surface area contributed by atoms with E-state index in [1.54, 1.807) is 0 Å². The van der Waals surface area contributed by atoms with Crippen LogP contribution in [-0.2, 0) is 0 Å². The second-order valence-corrected chi connectivity index (χ2v) is 5.79. The lowest BCUT2D eigenvalue weighted by Crippen LogP contribution is -2.13. The van der Waals surface area contributed by atoms with E-state index in [9.17, 15) is 10.1 Å². The highest BCUT2D eigenvalue weighted by atomic mass is 16.6. The molecule has 8 nitrogen and oxygen atoms in total. The molecule has 3 N–H and O–H groups in total. The Hall–Kier alpha value is -3.68. The van der Waals surface area contributed by atoms with Crippen LogP contribution in [0.25, 0.3) is 0 Å². The third kappa shape index (κ3) is 4.04. The second-order valence-electron chi connectivity index (χ2n) is 5.79. The number of aromatic nitrogens is 2. The molecule has 2 aromatic carbocycles. The standard InChI is InChI=1S/C18H18N6O2/c1-12-8-13(2)10-15(9-12)21-17-16(24(25)26)18(20-11-19-17)23-22-14-6-4-3-5-7-14/h3-11,22H,1-2H3,(H2,19,20,21,23). The Morgan fingerprint density at radius 3 is 2.19 bits per heavy atom. The molecule has 0 saturated heterocycles. The molecule has 26 heavy (non-hydrogen) atoms. The van der Waals surface area contributed by atoms with E-state index in [2.05, 4.69) is 26.1 Å². The molecule has 0 fully saturated rings. The summed E-state index contributed by atoms with van der Waals surface area (Å²) >= 11 is 0. The number of para-hydroxylation sites is 1. The van der Waals surface area contributed by atoms with Crippen LogP contribution in [0.3, 0.4) is 0 Å². The molecule has 0 radical (unpaired) electrons. The van der Waals surface area contributed by atoms with Gasteiger partial charge in [0.2, 0.25) is 11.6 Å². The minimum Gasteiger partial charge on any atom is -0.334 e. The molecule has 1 heterocycles. The van der Waals surface area contributed by atoms with Crippen LogP contribution >= 0.6 is 0 Å². The summed E-state index contributed by atoms with van der Waals surface area (Å²) < 4.78 is 0. The summed E-state index contributed by atoms with van der Waals surface area (Å²) in [6.07, 6.45) is 1.27. The number of hydrogen-bond donors (Lipinski definition) is 3. The fourth-order valence-corrected chi connectivity index (χ4v) is 2.57. The lowest BCUT2D eigenvalue weighted by molar-refractivity contribution is -0.383. The van der Waals surface area contributed by atoms with Crippen molar-refractivity contribution in [1.29, 1.82) is 0 Å².